The van der Waals surface area contributed by atoms with Crippen LogP contribution in [0.3, 0.4) is 0 Å². The maximum atomic E-state index is 13.2. The van der Waals surface area contributed by atoms with Crippen molar-refractivity contribution in [1.82, 2.24) is 0 Å². The number of fused-ring (bicyclic) bond motifs is 4. The van der Waals surface area contributed by atoms with Crippen molar-refractivity contribution >= 4 is 5.78 Å². The van der Waals surface area contributed by atoms with E-state index in [1.54, 1.807) is 20.8 Å². The molecule has 4 aliphatic rings. The predicted octanol–water partition coefficient (Wildman–Crippen LogP) is 2.80. The molecule has 186 valence electrons. The summed E-state index contributed by atoms with van der Waals surface area (Å²) in [7, 11) is 0. The van der Waals surface area contributed by atoms with E-state index in [4.69, 9.17) is 0 Å². The number of aliphatic hydroxyl groups excluding tert-OH is 3. The van der Waals surface area contributed by atoms with Crippen LogP contribution in [-0.2, 0) is 4.79 Å². The summed E-state index contributed by atoms with van der Waals surface area (Å²) in [5.41, 5.74) is 0.401. The summed E-state index contributed by atoms with van der Waals surface area (Å²) in [5, 5.41) is 53.2. The van der Waals surface area contributed by atoms with Crippen LogP contribution in [-0.4, -0.2) is 60.8 Å². The van der Waals surface area contributed by atoms with Gasteiger partial charge in [0.05, 0.1) is 29.5 Å². The number of Topliss-reactive ketones (excluding diaryl/α,β-unsaturated/α-hetero) is 1. The van der Waals surface area contributed by atoms with Crippen LogP contribution in [0.5, 0.6) is 0 Å². The lowest BCUT2D eigenvalue weighted by atomic mass is 9.50. The minimum Gasteiger partial charge on any atom is -0.390 e. The molecule has 0 radical (unpaired) electrons. The van der Waals surface area contributed by atoms with E-state index in [1.807, 2.05) is 0 Å². The zero-order chi connectivity index (χ0) is 24.6. The van der Waals surface area contributed by atoms with Gasteiger partial charge in [0.1, 0.15) is 5.78 Å². The minimum absolute atomic E-state index is 0.132. The maximum absolute atomic E-state index is 13.2. The highest BCUT2D eigenvalue weighted by Crippen LogP contribution is 2.64. The number of allylic oxidation sites excluding steroid dienone is 4. The lowest BCUT2D eigenvalue weighted by molar-refractivity contribution is -0.138. The first kappa shape index (κ1) is 25.1. The quantitative estimate of drug-likeness (QED) is 0.429. The van der Waals surface area contributed by atoms with Gasteiger partial charge in [-0.3, -0.25) is 4.79 Å². The molecule has 0 unspecified atom stereocenters. The van der Waals surface area contributed by atoms with Crippen molar-refractivity contribution in [2.45, 2.75) is 115 Å². The molecule has 0 amide bonds. The number of rotatable bonds is 5. The van der Waals surface area contributed by atoms with E-state index < -0.39 is 34.9 Å². The number of carbonyl (C=O) groups is 1. The molecule has 5 N–H and O–H groups in total. The standard InChI is InChI=1S/C27H42O6/c1-24(2,32)10-9-23(31)27(5,33)22-7-6-16-15-12-19(28)18-13-20(29)21(30)14-26(18,4)17(15)8-11-25(16,22)3/h6,18,20-23,29-33H,7-14H2,1-5H3/t18-,20+,21-,22-,23+,25-,26+,27+/m0/s1. The molecule has 4 rings (SSSR count). The molecule has 4 aliphatic carbocycles. The van der Waals surface area contributed by atoms with Crippen molar-refractivity contribution in [2.24, 2.45) is 22.7 Å². The third-order valence-corrected chi connectivity index (χ3v) is 9.69. The highest BCUT2D eigenvalue weighted by molar-refractivity contribution is 5.88. The van der Waals surface area contributed by atoms with E-state index in [0.717, 1.165) is 24.0 Å². The van der Waals surface area contributed by atoms with Gasteiger partial charge in [-0.25, -0.2) is 0 Å². The summed E-state index contributed by atoms with van der Waals surface area (Å²) in [5.74, 6) is -0.318. The van der Waals surface area contributed by atoms with Crippen LogP contribution in [0.4, 0.5) is 0 Å². The van der Waals surface area contributed by atoms with Gasteiger partial charge in [-0.05, 0) is 82.3 Å². The Morgan fingerprint density at radius 3 is 2.42 bits per heavy atom. The Labute approximate surface area is 197 Å². The Kier molecular flexibility index (Phi) is 6.07. The molecule has 0 heterocycles. The average Bonchev–Trinajstić information content (AvgIpc) is 3.06. The molecule has 0 aromatic carbocycles. The van der Waals surface area contributed by atoms with Gasteiger partial charge in [0, 0.05) is 23.7 Å². The molecular formula is C27H42O6. The van der Waals surface area contributed by atoms with E-state index in [-0.39, 0.29) is 23.0 Å². The van der Waals surface area contributed by atoms with Gasteiger partial charge in [-0.1, -0.05) is 25.5 Å². The molecule has 0 saturated heterocycles. The lowest BCUT2D eigenvalue weighted by Gasteiger charge is -2.54. The number of ketones is 1. The summed E-state index contributed by atoms with van der Waals surface area (Å²) in [6.07, 6.45) is 3.51. The lowest BCUT2D eigenvalue weighted by Crippen LogP contribution is -2.54. The molecule has 0 spiro atoms. The summed E-state index contributed by atoms with van der Waals surface area (Å²) in [6.45, 7) is 9.34. The second-order valence-electron chi connectivity index (χ2n) is 12.6. The number of hydrogen-bond donors (Lipinski definition) is 5. The van der Waals surface area contributed by atoms with Crippen molar-refractivity contribution in [3.63, 3.8) is 0 Å². The number of hydrogen-bond acceptors (Lipinski definition) is 6. The third-order valence-electron chi connectivity index (χ3n) is 9.69. The maximum Gasteiger partial charge on any atom is 0.141 e. The minimum atomic E-state index is -1.33. The molecule has 1 fully saturated rings. The average molecular weight is 463 g/mol. The van der Waals surface area contributed by atoms with Crippen molar-refractivity contribution in [2.75, 3.05) is 0 Å². The largest absolute Gasteiger partial charge is 0.390 e. The Balaban J connectivity index is 1.64. The molecule has 0 aliphatic heterocycles. The van der Waals surface area contributed by atoms with Gasteiger partial charge in [0.15, 0.2) is 0 Å². The molecule has 6 nitrogen and oxygen atoms in total. The fourth-order valence-corrected chi connectivity index (χ4v) is 7.61. The van der Waals surface area contributed by atoms with E-state index >= 15 is 0 Å². The van der Waals surface area contributed by atoms with E-state index in [2.05, 4.69) is 19.9 Å². The van der Waals surface area contributed by atoms with Gasteiger partial charge in [0.2, 0.25) is 0 Å². The van der Waals surface area contributed by atoms with E-state index in [0.29, 0.717) is 38.5 Å². The molecule has 8 atom stereocenters. The first-order valence-electron chi connectivity index (χ1n) is 12.6. The highest BCUT2D eigenvalue weighted by Gasteiger charge is 2.59. The van der Waals surface area contributed by atoms with Crippen LogP contribution >= 0.6 is 0 Å². The van der Waals surface area contributed by atoms with Crippen molar-refractivity contribution in [1.29, 1.82) is 0 Å². The SMILES string of the molecule is CC(C)(O)CC[C@@H](O)[C@](C)(O)[C@H]1CC=C2C3=C(CC[C@@]21C)[C@@]1(C)C[C@H](O)[C@H](O)C[C@H]1C(=O)C3. The molecule has 0 aromatic rings. The van der Waals surface area contributed by atoms with Gasteiger partial charge >= 0.3 is 0 Å². The Morgan fingerprint density at radius 1 is 1.12 bits per heavy atom. The summed E-state index contributed by atoms with van der Waals surface area (Å²) >= 11 is 0. The summed E-state index contributed by atoms with van der Waals surface area (Å²) < 4.78 is 0. The normalized spacial score (nSPS) is 41.6. The molecule has 1 saturated carbocycles. The molecule has 6 heteroatoms. The van der Waals surface area contributed by atoms with Crippen molar-refractivity contribution in [3.8, 4) is 0 Å². The highest BCUT2D eigenvalue weighted by atomic mass is 16.3. The van der Waals surface area contributed by atoms with E-state index in [9.17, 15) is 30.3 Å². The monoisotopic (exact) mass is 462 g/mol. The van der Waals surface area contributed by atoms with Crippen LogP contribution in [0.25, 0.3) is 0 Å². The topological polar surface area (TPSA) is 118 Å². The molecular weight excluding hydrogens is 420 g/mol. The Morgan fingerprint density at radius 2 is 1.79 bits per heavy atom. The van der Waals surface area contributed by atoms with Gasteiger partial charge < -0.3 is 25.5 Å². The Bertz CT molecular complexity index is 880. The van der Waals surface area contributed by atoms with Gasteiger partial charge in [-0.2, -0.15) is 0 Å². The molecule has 0 aromatic heterocycles. The zero-order valence-corrected chi connectivity index (χ0v) is 20.8. The van der Waals surface area contributed by atoms with Crippen LogP contribution in [0, 0.1) is 22.7 Å². The Hall–Kier alpha value is -1.05. The second-order valence-corrected chi connectivity index (χ2v) is 12.6. The van der Waals surface area contributed by atoms with Gasteiger partial charge in [-0.15, -0.1) is 0 Å². The first-order valence-corrected chi connectivity index (χ1v) is 12.6. The summed E-state index contributed by atoms with van der Waals surface area (Å²) in [6, 6.07) is 0. The van der Waals surface area contributed by atoms with E-state index in [1.165, 1.54) is 5.57 Å². The molecule has 33 heavy (non-hydrogen) atoms. The third kappa shape index (κ3) is 3.96. The fourth-order valence-electron chi connectivity index (χ4n) is 7.61. The number of aliphatic hydroxyl groups is 5. The van der Waals surface area contributed by atoms with Crippen LogP contribution in [0.2, 0.25) is 0 Å². The predicted molar refractivity (Wildman–Crippen MR) is 125 cm³/mol. The van der Waals surface area contributed by atoms with Gasteiger partial charge in [0.25, 0.3) is 0 Å². The zero-order valence-electron chi connectivity index (χ0n) is 20.8. The smallest absolute Gasteiger partial charge is 0.141 e. The fraction of sp³-hybridized carbons (Fsp3) is 0.815. The first-order chi connectivity index (χ1) is 15.1. The van der Waals surface area contributed by atoms with Crippen molar-refractivity contribution < 1.29 is 30.3 Å². The van der Waals surface area contributed by atoms with Crippen LogP contribution in [0.15, 0.2) is 22.8 Å². The summed E-state index contributed by atoms with van der Waals surface area (Å²) in [4.78, 5) is 13.2. The van der Waals surface area contributed by atoms with Crippen LogP contribution < -0.4 is 0 Å². The molecule has 0 bridgehead atoms. The van der Waals surface area contributed by atoms with Crippen molar-refractivity contribution in [3.05, 3.63) is 22.8 Å². The van der Waals surface area contributed by atoms with Crippen LogP contribution in [0.1, 0.15) is 86.0 Å². The number of carbonyl (C=O) groups excluding carboxylic acids is 1. The second kappa shape index (κ2) is 7.99.